The van der Waals surface area contributed by atoms with Gasteiger partial charge in [-0.3, -0.25) is 0 Å². The van der Waals surface area contributed by atoms with Gasteiger partial charge in [-0.05, 0) is 30.6 Å². The van der Waals surface area contributed by atoms with Crippen LogP contribution in [0.3, 0.4) is 0 Å². The molecule has 0 saturated heterocycles. The molecule has 3 unspecified atom stereocenters. The van der Waals surface area contributed by atoms with Crippen molar-refractivity contribution < 1.29 is 0 Å². The van der Waals surface area contributed by atoms with Crippen LogP contribution in [-0.2, 0) is 0 Å². The lowest BCUT2D eigenvalue weighted by molar-refractivity contribution is 0.530. The Kier molecular flexibility index (Phi) is 3.20. The van der Waals surface area contributed by atoms with Crippen LogP contribution in [0.5, 0.6) is 0 Å². The van der Waals surface area contributed by atoms with Crippen molar-refractivity contribution in [3.05, 3.63) is 4.85 Å². The lowest BCUT2D eigenvalue weighted by atomic mass is 10.1. The van der Waals surface area contributed by atoms with Crippen LogP contribution >= 0.6 is 0 Å². The fourth-order valence-corrected chi connectivity index (χ4v) is 2.54. The molecule has 16 heavy (non-hydrogen) atoms. The fourth-order valence-electron chi connectivity index (χ4n) is 2.54. The van der Waals surface area contributed by atoms with Gasteiger partial charge in [-0.1, -0.05) is 25.6 Å². The van der Waals surface area contributed by atoms with E-state index in [0.29, 0.717) is 23.7 Å². The van der Waals surface area contributed by atoms with Gasteiger partial charge in [-0.25, -0.2) is 0 Å². The Labute approximate surface area is 98.5 Å². The minimum Gasteiger partial charge on any atom is -0.198 e. The van der Waals surface area contributed by atoms with Gasteiger partial charge >= 0.3 is 0 Å². The number of hydrogen-bond acceptors (Lipinski definition) is 1. The summed E-state index contributed by atoms with van der Waals surface area (Å²) < 4.78 is 0. The maximum absolute atomic E-state index is 8.75. The molecule has 86 valence electrons. The van der Waals surface area contributed by atoms with Crippen LogP contribution in [0.15, 0.2) is 0 Å². The van der Waals surface area contributed by atoms with Crippen molar-refractivity contribution in [2.45, 2.75) is 33.6 Å². The van der Waals surface area contributed by atoms with Crippen molar-refractivity contribution in [3.63, 3.8) is 0 Å². The van der Waals surface area contributed by atoms with Gasteiger partial charge in [0.05, 0.1) is 17.9 Å². The van der Waals surface area contributed by atoms with Crippen LogP contribution in [0, 0.1) is 52.9 Å². The second-order valence-electron chi connectivity index (χ2n) is 5.83. The Morgan fingerprint density at radius 3 is 2.38 bits per heavy atom. The zero-order chi connectivity index (χ0) is 11.7. The van der Waals surface area contributed by atoms with E-state index in [1.165, 1.54) is 6.42 Å². The minimum absolute atomic E-state index is 0.314. The van der Waals surface area contributed by atoms with Crippen molar-refractivity contribution in [3.8, 4) is 12.1 Å². The summed E-state index contributed by atoms with van der Waals surface area (Å²) >= 11 is 0. The highest BCUT2D eigenvalue weighted by Crippen LogP contribution is 2.45. The molecule has 0 aromatic rings. The highest BCUT2D eigenvalue weighted by molar-refractivity contribution is 5.09. The molecule has 0 bridgehead atoms. The van der Waals surface area contributed by atoms with Gasteiger partial charge in [0, 0.05) is 5.92 Å². The van der Waals surface area contributed by atoms with E-state index >= 15 is 0 Å². The summed E-state index contributed by atoms with van der Waals surface area (Å²) in [7, 11) is 0. The second-order valence-corrected chi connectivity index (χ2v) is 5.83. The molecule has 5 atom stereocenters. The summed E-state index contributed by atoms with van der Waals surface area (Å²) in [5.41, 5.74) is 0. The van der Waals surface area contributed by atoms with Crippen LogP contribution in [-0.4, -0.2) is 6.54 Å². The summed E-state index contributed by atoms with van der Waals surface area (Å²) in [4.78, 5) is 4.44. The normalized spacial score (nSPS) is 37.2. The van der Waals surface area contributed by atoms with Gasteiger partial charge in [-0.15, -0.1) is 0 Å². The summed E-state index contributed by atoms with van der Waals surface area (Å²) in [6.07, 6.45) is 2.37. The molecule has 2 fully saturated rings. The standard InChI is InChI=1S/C14H21N2/c1-9(2)13-5-12(13)8-16-7-10(3)14-4-11(14)6-15/h9-14H,4-5,7H2,1-3H3/q+1/t10?,11-,12?,13?,14+/m0/s1. The molecule has 0 amide bonds. The summed E-state index contributed by atoms with van der Waals surface area (Å²) in [5.74, 6) is 3.71. The molecule has 0 aliphatic heterocycles. The molecule has 0 heterocycles. The Hall–Kier alpha value is -1.02. The van der Waals surface area contributed by atoms with Gasteiger partial charge in [0.25, 0.3) is 12.6 Å². The maximum Gasteiger partial charge on any atom is 0.276 e. The van der Waals surface area contributed by atoms with Crippen molar-refractivity contribution in [2.24, 2.45) is 35.5 Å². The van der Waals surface area contributed by atoms with Gasteiger partial charge in [0.15, 0.2) is 0 Å². The first kappa shape index (κ1) is 11.5. The van der Waals surface area contributed by atoms with Crippen LogP contribution in [0.1, 0.15) is 33.6 Å². The number of hydrogen-bond donors (Lipinski definition) is 0. The monoisotopic (exact) mass is 217 g/mol. The SMILES string of the molecule is CC(C)C1CC1C#[N+]CC(C)[C@H]1C[C@H]1C#N. The van der Waals surface area contributed by atoms with E-state index in [0.717, 1.165) is 24.8 Å². The van der Waals surface area contributed by atoms with Gasteiger partial charge < -0.3 is 0 Å². The first-order valence-electron chi connectivity index (χ1n) is 6.45. The van der Waals surface area contributed by atoms with Crippen molar-refractivity contribution >= 4 is 0 Å². The average molecular weight is 217 g/mol. The first-order valence-corrected chi connectivity index (χ1v) is 6.45. The number of rotatable bonds is 3. The highest BCUT2D eigenvalue weighted by atomic mass is 14.7. The third-order valence-electron chi connectivity index (χ3n) is 4.07. The molecule has 0 radical (unpaired) electrons. The lowest BCUT2D eigenvalue weighted by Gasteiger charge is -1.96. The largest absolute Gasteiger partial charge is 0.276 e. The summed E-state index contributed by atoms with van der Waals surface area (Å²) in [6, 6.07) is 5.62. The summed E-state index contributed by atoms with van der Waals surface area (Å²) in [6.45, 7) is 7.62. The average Bonchev–Trinajstić information content (AvgIpc) is 3.12. The predicted molar refractivity (Wildman–Crippen MR) is 64.9 cm³/mol. The second kappa shape index (κ2) is 4.46. The van der Waals surface area contributed by atoms with E-state index in [9.17, 15) is 0 Å². The van der Waals surface area contributed by atoms with Crippen molar-refractivity contribution in [1.82, 2.24) is 0 Å². The molecule has 0 N–H and O–H groups in total. The van der Waals surface area contributed by atoms with E-state index in [1.807, 2.05) is 0 Å². The Morgan fingerprint density at radius 2 is 1.88 bits per heavy atom. The predicted octanol–water partition coefficient (Wildman–Crippen LogP) is 3.41. The minimum atomic E-state index is 0.314. The zero-order valence-electron chi connectivity index (χ0n) is 10.5. The van der Waals surface area contributed by atoms with Crippen molar-refractivity contribution in [1.29, 1.82) is 5.26 Å². The van der Waals surface area contributed by atoms with E-state index < -0.39 is 0 Å². The van der Waals surface area contributed by atoms with Crippen LogP contribution in [0.2, 0.25) is 0 Å². The Balaban J connectivity index is 1.69. The third-order valence-corrected chi connectivity index (χ3v) is 4.07. The zero-order valence-corrected chi connectivity index (χ0v) is 10.5. The Bertz CT molecular complexity index is 355. The highest BCUT2D eigenvalue weighted by Gasteiger charge is 2.44. The molecule has 2 nitrogen and oxygen atoms in total. The third kappa shape index (κ3) is 2.56. The molecular formula is C14H21N2+. The molecule has 2 aliphatic rings. The maximum atomic E-state index is 8.75. The molecule has 0 aromatic heterocycles. The van der Waals surface area contributed by atoms with E-state index in [2.05, 4.69) is 37.8 Å². The van der Waals surface area contributed by atoms with E-state index in [4.69, 9.17) is 5.26 Å². The molecule has 0 aromatic carbocycles. The van der Waals surface area contributed by atoms with Gasteiger partial charge in [0.2, 0.25) is 0 Å². The first-order chi connectivity index (χ1) is 7.63. The van der Waals surface area contributed by atoms with Crippen LogP contribution < -0.4 is 0 Å². The summed E-state index contributed by atoms with van der Waals surface area (Å²) in [5, 5.41) is 8.75. The van der Waals surface area contributed by atoms with E-state index in [-0.39, 0.29) is 0 Å². The van der Waals surface area contributed by atoms with Gasteiger partial charge in [0.1, 0.15) is 0 Å². The van der Waals surface area contributed by atoms with Crippen molar-refractivity contribution in [2.75, 3.05) is 6.54 Å². The fraction of sp³-hybridized carbons (Fsp3) is 0.857. The molecule has 2 heteroatoms. The van der Waals surface area contributed by atoms with E-state index in [1.54, 1.807) is 0 Å². The quantitative estimate of drug-likeness (QED) is 0.712. The van der Waals surface area contributed by atoms with Gasteiger partial charge in [-0.2, -0.15) is 5.26 Å². The topological polar surface area (TPSA) is 28.1 Å². The smallest absolute Gasteiger partial charge is 0.198 e. The molecule has 2 saturated carbocycles. The number of nitrogens with zero attached hydrogens (tertiary/aromatic N) is 2. The number of nitriles is 1. The molecule has 2 rings (SSSR count). The molecule has 0 spiro atoms. The molecular weight excluding hydrogens is 196 g/mol. The molecule has 2 aliphatic carbocycles. The van der Waals surface area contributed by atoms with Crippen LogP contribution in [0.25, 0.3) is 4.85 Å². The lowest BCUT2D eigenvalue weighted by Crippen LogP contribution is -2.01. The van der Waals surface area contributed by atoms with Crippen LogP contribution in [0.4, 0.5) is 0 Å². The Morgan fingerprint density at radius 1 is 1.19 bits per heavy atom.